The van der Waals surface area contributed by atoms with Crippen molar-refractivity contribution in [1.82, 2.24) is 0 Å². The van der Waals surface area contributed by atoms with Crippen molar-refractivity contribution in [2.75, 3.05) is 18.1 Å². The van der Waals surface area contributed by atoms with Crippen molar-refractivity contribution in [1.29, 1.82) is 0 Å². The molecule has 1 heterocycles. The molecule has 2 unspecified atom stereocenters. The number of hydrogen-bond donors (Lipinski definition) is 0. The number of anilines is 1. The molecule has 0 aliphatic carbocycles. The van der Waals surface area contributed by atoms with E-state index in [0.29, 0.717) is 13.2 Å². The fraction of sp³-hybridized carbons (Fsp3) is 0.368. The molecule has 1 fully saturated rings. The minimum Gasteiger partial charge on any atom is -0.345 e. The van der Waals surface area contributed by atoms with Gasteiger partial charge in [-0.1, -0.05) is 40.2 Å². The SMILES string of the molecule is CCOP(=O)(OCC)C1C(c2ccccc2C)N1c1ccc(Br)cc1. The summed E-state index contributed by atoms with van der Waals surface area (Å²) < 4.78 is 25.7. The van der Waals surface area contributed by atoms with Crippen molar-refractivity contribution < 1.29 is 13.6 Å². The van der Waals surface area contributed by atoms with E-state index < -0.39 is 7.60 Å². The van der Waals surface area contributed by atoms with E-state index in [1.165, 1.54) is 5.56 Å². The lowest BCUT2D eigenvalue weighted by atomic mass is 10.1. The second-order valence-corrected chi connectivity index (χ2v) is 9.01. The summed E-state index contributed by atoms with van der Waals surface area (Å²) in [6, 6.07) is 16.2. The molecule has 4 nitrogen and oxygen atoms in total. The zero-order chi connectivity index (χ0) is 18.0. The lowest BCUT2D eigenvalue weighted by Gasteiger charge is -2.17. The predicted octanol–water partition coefficient (Wildman–Crippen LogP) is 5.91. The number of aryl methyl sites for hydroxylation is 1. The van der Waals surface area contributed by atoms with Gasteiger partial charge in [0.25, 0.3) is 0 Å². The largest absolute Gasteiger partial charge is 0.355 e. The molecule has 0 spiro atoms. The van der Waals surface area contributed by atoms with Gasteiger partial charge in [-0.05, 0) is 56.2 Å². The number of hydrogen-bond acceptors (Lipinski definition) is 4. The first-order chi connectivity index (χ1) is 12.0. The van der Waals surface area contributed by atoms with Gasteiger partial charge in [0.05, 0.1) is 19.3 Å². The molecule has 0 amide bonds. The topological polar surface area (TPSA) is 38.5 Å². The van der Waals surface area contributed by atoms with Gasteiger partial charge < -0.3 is 13.9 Å². The van der Waals surface area contributed by atoms with Gasteiger partial charge in [0.1, 0.15) is 0 Å². The molecule has 0 saturated carbocycles. The van der Waals surface area contributed by atoms with Gasteiger partial charge in [-0.3, -0.25) is 4.57 Å². The molecule has 6 heteroatoms. The van der Waals surface area contributed by atoms with Crippen LogP contribution in [0.5, 0.6) is 0 Å². The average molecular weight is 424 g/mol. The number of nitrogens with zero attached hydrogens (tertiary/aromatic N) is 1. The van der Waals surface area contributed by atoms with E-state index >= 15 is 0 Å². The van der Waals surface area contributed by atoms with Gasteiger partial charge >= 0.3 is 7.60 Å². The Morgan fingerprint density at radius 2 is 1.64 bits per heavy atom. The van der Waals surface area contributed by atoms with Crippen molar-refractivity contribution in [2.24, 2.45) is 0 Å². The third kappa shape index (κ3) is 3.70. The van der Waals surface area contributed by atoms with Crippen LogP contribution in [0.15, 0.2) is 53.0 Å². The Morgan fingerprint density at radius 1 is 1.04 bits per heavy atom. The average Bonchev–Trinajstić information content (AvgIpc) is 3.32. The highest BCUT2D eigenvalue weighted by Gasteiger charge is 2.61. The van der Waals surface area contributed by atoms with E-state index in [4.69, 9.17) is 9.05 Å². The van der Waals surface area contributed by atoms with E-state index in [-0.39, 0.29) is 11.8 Å². The number of benzene rings is 2. The zero-order valence-electron chi connectivity index (χ0n) is 14.7. The second kappa shape index (κ2) is 7.63. The first kappa shape index (κ1) is 18.7. The van der Waals surface area contributed by atoms with Crippen LogP contribution in [-0.2, 0) is 13.6 Å². The summed E-state index contributed by atoms with van der Waals surface area (Å²) in [5.41, 5.74) is 3.35. The Bertz CT molecular complexity index is 770. The first-order valence-electron chi connectivity index (χ1n) is 8.50. The van der Waals surface area contributed by atoms with Crippen molar-refractivity contribution in [3.8, 4) is 0 Å². The summed E-state index contributed by atoms with van der Waals surface area (Å²) >= 11 is 3.47. The number of rotatable bonds is 7. The fourth-order valence-corrected chi connectivity index (χ4v) is 5.77. The molecule has 0 N–H and O–H groups in total. The van der Waals surface area contributed by atoms with Crippen molar-refractivity contribution in [2.45, 2.75) is 32.6 Å². The van der Waals surface area contributed by atoms with Gasteiger partial charge in [-0.15, -0.1) is 0 Å². The Hall–Kier alpha value is -1.13. The van der Waals surface area contributed by atoms with Gasteiger partial charge in [0.2, 0.25) is 0 Å². The van der Waals surface area contributed by atoms with Crippen LogP contribution in [-0.4, -0.2) is 19.0 Å². The maximum atomic E-state index is 13.4. The molecule has 1 saturated heterocycles. The zero-order valence-corrected chi connectivity index (χ0v) is 17.2. The van der Waals surface area contributed by atoms with Crippen LogP contribution in [0.4, 0.5) is 5.69 Å². The molecule has 1 aliphatic rings. The Morgan fingerprint density at radius 3 is 2.20 bits per heavy atom. The van der Waals surface area contributed by atoms with Crippen LogP contribution in [0.1, 0.15) is 31.0 Å². The van der Waals surface area contributed by atoms with E-state index in [9.17, 15) is 4.57 Å². The van der Waals surface area contributed by atoms with Crippen LogP contribution in [0.25, 0.3) is 0 Å². The van der Waals surface area contributed by atoms with Crippen molar-refractivity contribution >= 4 is 29.2 Å². The third-order valence-electron chi connectivity index (χ3n) is 4.35. The van der Waals surface area contributed by atoms with Gasteiger partial charge in [-0.25, -0.2) is 0 Å². The quantitative estimate of drug-likeness (QED) is 0.409. The normalized spacial score (nSPS) is 19.9. The smallest absolute Gasteiger partial charge is 0.345 e. The summed E-state index contributed by atoms with van der Waals surface area (Å²) in [5.74, 6) is -0.297. The summed E-state index contributed by atoms with van der Waals surface area (Å²) in [6.45, 7) is 6.50. The molecule has 0 radical (unpaired) electrons. The minimum absolute atomic E-state index is 0.00805. The van der Waals surface area contributed by atoms with Crippen LogP contribution in [0, 0.1) is 6.92 Å². The predicted molar refractivity (Wildman–Crippen MR) is 105 cm³/mol. The van der Waals surface area contributed by atoms with E-state index in [1.54, 1.807) is 0 Å². The fourth-order valence-electron chi connectivity index (χ4n) is 3.25. The molecule has 2 aromatic carbocycles. The van der Waals surface area contributed by atoms with Crippen molar-refractivity contribution in [3.63, 3.8) is 0 Å². The third-order valence-corrected chi connectivity index (χ3v) is 7.30. The highest BCUT2D eigenvalue weighted by atomic mass is 79.9. The highest BCUT2D eigenvalue weighted by Crippen LogP contribution is 2.69. The highest BCUT2D eigenvalue weighted by molar-refractivity contribution is 9.10. The minimum atomic E-state index is -3.24. The first-order valence-corrected chi connectivity index (χ1v) is 10.9. The van der Waals surface area contributed by atoms with Gasteiger partial charge in [0.15, 0.2) is 5.78 Å². The second-order valence-electron chi connectivity index (χ2n) is 5.97. The van der Waals surface area contributed by atoms with E-state index in [2.05, 4.69) is 39.9 Å². The molecule has 2 aromatic rings. The van der Waals surface area contributed by atoms with E-state index in [1.807, 2.05) is 50.2 Å². The standard InChI is InChI=1S/C19H23BrNO3P/c1-4-23-25(22,24-5-2)19-18(17-9-7-6-8-14(17)3)21(19)16-12-10-15(20)11-13-16/h6-13,18-19H,4-5H2,1-3H3. The Kier molecular flexibility index (Phi) is 5.69. The van der Waals surface area contributed by atoms with Crippen LogP contribution < -0.4 is 4.90 Å². The summed E-state index contributed by atoms with van der Waals surface area (Å²) in [7, 11) is -3.24. The Labute approximate surface area is 157 Å². The molecular weight excluding hydrogens is 401 g/mol. The van der Waals surface area contributed by atoms with Crippen LogP contribution >= 0.6 is 23.5 Å². The molecule has 1 aliphatic heterocycles. The summed E-state index contributed by atoms with van der Waals surface area (Å²) in [4.78, 5) is 2.14. The maximum Gasteiger partial charge on any atom is 0.355 e. The van der Waals surface area contributed by atoms with Gasteiger partial charge in [-0.2, -0.15) is 0 Å². The molecule has 0 aromatic heterocycles. The number of halogens is 1. The molecule has 2 atom stereocenters. The van der Waals surface area contributed by atoms with E-state index in [0.717, 1.165) is 15.7 Å². The molecule has 134 valence electrons. The molecule has 3 rings (SSSR count). The summed E-state index contributed by atoms with van der Waals surface area (Å²) in [5, 5.41) is 0. The molecule has 0 bridgehead atoms. The van der Waals surface area contributed by atoms with Crippen LogP contribution in [0.2, 0.25) is 0 Å². The maximum absolute atomic E-state index is 13.4. The molecule has 25 heavy (non-hydrogen) atoms. The van der Waals surface area contributed by atoms with Gasteiger partial charge in [0, 0.05) is 10.2 Å². The monoisotopic (exact) mass is 423 g/mol. The Balaban J connectivity index is 2.02. The lowest BCUT2D eigenvalue weighted by molar-refractivity contribution is 0.218. The molecular formula is C19H23BrNO3P. The lowest BCUT2D eigenvalue weighted by Crippen LogP contribution is -2.06. The summed E-state index contributed by atoms with van der Waals surface area (Å²) in [6.07, 6.45) is 0. The van der Waals surface area contributed by atoms with Crippen molar-refractivity contribution in [3.05, 3.63) is 64.1 Å². The van der Waals surface area contributed by atoms with Crippen LogP contribution in [0.3, 0.4) is 0 Å².